The number of likely N-dealkylation sites (N-methyl/N-ethyl adjacent to an activating group) is 1. The summed E-state index contributed by atoms with van der Waals surface area (Å²) in [7, 11) is 1.60. The van der Waals surface area contributed by atoms with Gasteiger partial charge in [0.15, 0.2) is 36.0 Å². The van der Waals surface area contributed by atoms with Gasteiger partial charge in [0.05, 0.1) is 42.6 Å². The van der Waals surface area contributed by atoms with E-state index in [1.54, 1.807) is 19.3 Å². The molecule has 33 nitrogen and oxygen atoms in total. The van der Waals surface area contributed by atoms with Gasteiger partial charge in [-0.05, 0) is 96.6 Å². The number of hydrogen-bond acceptors (Lipinski definition) is 23. The van der Waals surface area contributed by atoms with E-state index in [-0.39, 0.29) is 52.0 Å². The Kier molecular flexibility index (Phi) is 22.2. The van der Waals surface area contributed by atoms with E-state index in [1.165, 1.54) is 19.1 Å². The summed E-state index contributed by atoms with van der Waals surface area (Å²) >= 11 is 14.1. The predicted molar refractivity (Wildman–Crippen MR) is 347 cm³/mol. The summed E-state index contributed by atoms with van der Waals surface area (Å²) in [6, 6.07) is -0.388. The second-order valence-corrected chi connectivity index (χ2v) is 26.8. The second-order valence-electron chi connectivity index (χ2n) is 26.0. The summed E-state index contributed by atoms with van der Waals surface area (Å²) in [6.07, 6.45) is -18.0. The molecule has 35 heteroatoms. The largest absolute Gasteiger partial charge is 0.508 e. The highest BCUT2D eigenvalue weighted by Crippen LogP contribution is 2.50. The van der Waals surface area contributed by atoms with Gasteiger partial charge >= 0.3 is 5.97 Å². The molecule has 0 spiro atoms. The Morgan fingerprint density at radius 3 is 1.92 bits per heavy atom. The Bertz CT molecular complexity index is 4070. The van der Waals surface area contributed by atoms with Crippen LogP contribution in [-0.2, 0) is 52.6 Å². The zero-order chi connectivity index (χ0) is 73.5. The van der Waals surface area contributed by atoms with Crippen LogP contribution >= 0.6 is 23.2 Å². The second kappa shape index (κ2) is 30.2. The van der Waals surface area contributed by atoms with E-state index in [2.05, 4.69) is 37.6 Å². The predicted octanol–water partition coefficient (Wildman–Crippen LogP) is -1.64. The molecular weight excluding hydrogens is 1370 g/mol. The molecule has 7 aliphatic rings. The van der Waals surface area contributed by atoms with Crippen molar-refractivity contribution in [1.82, 2.24) is 31.9 Å². The maximum absolute atomic E-state index is 16.0. The number of aliphatic hydroxyl groups is 6. The number of aliphatic carboxylic acids is 1. The summed E-state index contributed by atoms with van der Waals surface area (Å²) in [4.78, 5) is 117. The van der Waals surface area contributed by atoms with Gasteiger partial charge in [0.1, 0.15) is 101 Å². The molecule has 2 fully saturated rings. The molecule has 18 atom stereocenters. The summed E-state index contributed by atoms with van der Waals surface area (Å²) in [6.45, 7) is 5.87. The van der Waals surface area contributed by atoms with Crippen LogP contribution in [0.1, 0.15) is 105 Å². The number of fused-ring (bicyclic) bond motifs is 15. The van der Waals surface area contributed by atoms with Crippen LogP contribution < -0.4 is 62.9 Å². The number of ether oxygens (including phenoxy) is 6. The zero-order valence-corrected chi connectivity index (χ0v) is 56.0. The fourth-order valence-corrected chi connectivity index (χ4v) is 13.1. The number of hydrogen-bond donors (Lipinski definition) is 19. The number of aromatic hydroxyl groups is 3. The molecule has 23 N–H and O–H groups in total. The third kappa shape index (κ3) is 15.8. The molecule has 7 aliphatic heterocycles. The Morgan fingerprint density at radius 2 is 1.34 bits per heavy atom. The molecule has 12 rings (SSSR count). The van der Waals surface area contributed by atoms with E-state index >= 15 is 14.4 Å². The monoisotopic (exact) mass is 1450 g/mol. The molecule has 101 heavy (non-hydrogen) atoms. The number of aliphatic hydroxyl groups excluding tert-OH is 6. The van der Waals surface area contributed by atoms with Crippen molar-refractivity contribution >= 4 is 70.5 Å². The number of benzene rings is 5. The van der Waals surface area contributed by atoms with Crippen molar-refractivity contribution in [1.29, 1.82) is 0 Å². The maximum atomic E-state index is 16.0. The number of amides is 7. The molecule has 5 aromatic carbocycles. The molecule has 0 aromatic heterocycles. The van der Waals surface area contributed by atoms with Crippen molar-refractivity contribution in [2.75, 3.05) is 13.7 Å². The van der Waals surface area contributed by atoms with Gasteiger partial charge < -0.3 is 128 Å². The minimum absolute atomic E-state index is 0.0642. The van der Waals surface area contributed by atoms with Crippen molar-refractivity contribution in [3.63, 3.8) is 0 Å². The zero-order valence-electron chi connectivity index (χ0n) is 54.5. The van der Waals surface area contributed by atoms with Crippen LogP contribution in [0.2, 0.25) is 10.0 Å². The van der Waals surface area contributed by atoms with E-state index in [4.69, 9.17) is 57.4 Å². The van der Waals surface area contributed by atoms with Gasteiger partial charge in [-0.25, -0.2) is 4.79 Å². The molecule has 11 bridgehead atoms. The average molecular weight is 1450 g/mol. The summed E-state index contributed by atoms with van der Waals surface area (Å²) < 4.78 is 38.4. The van der Waals surface area contributed by atoms with Crippen molar-refractivity contribution < 1.29 is 129 Å². The number of rotatable bonds is 13. The third-order valence-electron chi connectivity index (χ3n) is 17.9. The molecule has 2 saturated heterocycles. The topological polar surface area (TPSA) is 537 Å². The van der Waals surface area contributed by atoms with Crippen molar-refractivity contribution in [3.8, 4) is 57.1 Å². The van der Waals surface area contributed by atoms with Gasteiger partial charge in [-0.3, -0.25) is 33.6 Å². The molecule has 7 amide bonds. The number of carboxylic acids is 1. The molecule has 0 aliphatic carbocycles. The number of carboxylic acid groups (broad SMARTS) is 1. The molecule has 0 radical (unpaired) electrons. The summed E-state index contributed by atoms with van der Waals surface area (Å²) in [5, 5.41) is 129. The Balaban J connectivity index is 1.24. The summed E-state index contributed by atoms with van der Waals surface area (Å²) in [5.74, 6) is -15.8. The summed E-state index contributed by atoms with van der Waals surface area (Å²) in [5.41, 5.74) is 5.93. The quantitative estimate of drug-likeness (QED) is 0.0629. The number of phenolic OH excluding ortho intramolecular Hbond substituents is 3. The number of carbonyl (C=O) groups excluding carboxylic acids is 7. The van der Waals surface area contributed by atoms with Crippen molar-refractivity contribution in [2.24, 2.45) is 11.7 Å². The van der Waals surface area contributed by atoms with Gasteiger partial charge in [-0.2, -0.15) is 0 Å². The smallest absolute Gasteiger partial charge is 0.330 e. The van der Waals surface area contributed by atoms with Gasteiger partial charge in [0, 0.05) is 29.2 Å². The molecule has 7 heterocycles. The van der Waals surface area contributed by atoms with E-state index in [1.807, 2.05) is 13.8 Å². The van der Waals surface area contributed by atoms with E-state index < -0.39 is 231 Å². The number of nitrogens with two attached hydrogens (primary N) is 2. The molecular formula is C66H77Cl2N9O24+2. The SMILES string of the molecule is C[NH2+][C@H](CC(C)C)C(=O)N[C@H]1C(=O)N[C@@H](CC(N)=O)C(=O)N[C@H]2C(=O)N[C@H]3C(=O)N[C@H](C(=O)N[C@H](C(=O)O)c4cc(O)cc(O)c4-c4cc3ccc4O)[C@H](O)c3ccc(c(Cl)c3)Oc3cc2cc(c3O[C@@H]2O[C@H](CO)[C@@H](O)[C@H](O)[C@H]2O[C@@H]2C[C@](C)([NH3+])[C@H](O)[C@H](C)O2)Oc2ccc(cc2Cl)[C@H]1O. The van der Waals surface area contributed by atoms with Gasteiger partial charge in [-0.15, -0.1) is 0 Å². The number of halogens is 2. The lowest BCUT2D eigenvalue weighted by atomic mass is 9.86. The fraction of sp³-hybridized carbons (Fsp3) is 0.424. The Morgan fingerprint density at radius 1 is 0.733 bits per heavy atom. The highest BCUT2D eigenvalue weighted by atomic mass is 35.5. The van der Waals surface area contributed by atoms with Crippen LogP contribution in [0.3, 0.4) is 0 Å². The van der Waals surface area contributed by atoms with Crippen LogP contribution in [0, 0.1) is 5.92 Å². The van der Waals surface area contributed by atoms with Crippen LogP contribution in [0.5, 0.6) is 46.0 Å². The molecule has 0 unspecified atom stereocenters. The first-order valence-corrected chi connectivity index (χ1v) is 32.6. The van der Waals surface area contributed by atoms with Crippen molar-refractivity contribution in [3.05, 3.63) is 117 Å². The number of primary amides is 1. The van der Waals surface area contributed by atoms with Crippen LogP contribution in [0.25, 0.3) is 11.1 Å². The van der Waals surface area contributed by atoms with Gasteiger partial charge in [-0.1, -0.05) is 55.2 Å². The molecule has 0 saturated carbocycles. The lowest BCUT2D eigenvalue weighted by Gasteiger charge is -2.45. The lowest BCUT2D eigenvalue weighted by Crippen LogP contribution is -2.89. The number of nitrogens with one attached hydrogen (secondary N) is 6. The highest BCUT2D eigenvalue weighted by Gasteiger charge is 2.52. The van der Waals surface area contributed by atoms with Crippen LogP contribution in [0.15, 0.2) is 78.9 Å². The average Bonchev–Trinajstić information content (AvgIpc) is 0.775. The molecule has 542 valence electrons. The third-order valence-corrected chi connectivity index (χ3v) is 18.5. The number of carbonyl (C=O) groups is 8. The lowest BCUT2D eigenvalue weighted by molar-refractivity contribution is -0.651. The van der Waals surface area contributed by atoms with E-state index in [0.29, 0.717) is 0 Å². The Labute approximate surface area is 584 Å². The highest BCUT2D eigenvalue weighted by molar-refractivity contribution is 6.32. The minimum Gasteiger partial charge on any atom is -0.508 e. The maximum Gasteiger partial charge on any atom is 0.330 e. The van der Waals surface area contributed by atoms with Gasteiger partial charge in [0.2, 0.25) is 47.5 Å². The first-order valence-electron chi connectivity index (χ1n) is 31.8. The van der Waals surface area contributed by atoms with Crippen molar-refractivity contribution in [2.45, 2.75) is 156 Å². The Hall–Kier alpha value is -9.20. The first kappa shape index (κ1) is 74.5. The van der Waals surface area contributed by atoms with Crippen LogP contribution in [0.4, 0.5) is 0 Å². The molecule has 5 aromatic rings. The number of quaternary nitrogens is 2. The first-order chi connectivity index (χ1) is 47.7. The normalized spacial score (nSPS) is 29.4. The van der Waals surface area contributed by atoms with E-state index in [9.17, 15) is 75.0 Å². The standard InChI is InChI=1S/C66H75Cl2N9O24/c1-23(2)12-34(71-5)58(88)76-49-51(83)26-7-10-38(32(67)14-26)97-40-16-28-17-41(55(40)101-65-56(54(86)53(85)42(22-78)99-65)100-44-21-66(4,70)57(87)24(3)96-44)98-39-11-8-27(15-33(39)68)52(84)50-63(93)75-48(64(94)95)31-18-29(79)19-37(81)45(31)30-13-25(6-9-36(30)80)46(60(90)77-50)74-61(91)47(28)73-59(89)35(20-43(69)82)72-62(49)92/h6-11,13-19,23-24,34-35,42,44,46-54,56-57,65,71,78-81,83-87H,12,20-22,70H2,1-5H3,(H2,69,82)(H,72,92)(H,73,89)(H,74,91)(H,75,93)(H,76,88)(H,77,90)(H,94,95)/p+2/t24-,34+,35-,42+,44+,46+,47+,48-,49+,50-,51+,52+,53+,54-,56+,57+,65-,66-/m0/s1. The number of phenols is 3. The van der Waals surface area contributed by atoms with E-state index in [0.717, 1.165) is 66.7 Å². The van der Waals surface area contributed by atoms with Gasteiger partial charge in [0.25, 0.3) is 5.91 Å². The fourth-order valence-electron chi connectivity index (χ4n) is 12.6. The minimum atomic E-state index is -2.34. The van der Waals surface area contributed by atoms with Crippen LogP contribution in [-0.4, -0.2) is 191 Å².